The van der Waals surface area contributed by atoms with Crippen molar-refractivity contribution in [3.8, 4) is 11.4 Å². The summed E-state index contributed by atoms with van der Waals surface area (Å²) in [5, 5.41) is 2.29. The smallest absolute Gasteiger partial charge is 0.433 e. The van der Waals surface area contributed by atoms with Crippen molar-refractivity contribution in [1.82, 2.24) is 9.78 Å². The van der Waals surface area contributed by atoms with Gasteiger partial charge in [0.25, 0.3) is 0 Å². The summed E-state index contributed by atoms with van der Waals surface area (Å²) < 4.78 is 44.9. The van der Waals surface area contributed by atoms with Gasteiger partial charge in [-0.3, -0.25) is 5.10 Å². The van der Waals surface area contributed by atoms with Crippen LogP contribution < -0.4 is 4.74 Å². The number of rotatable bonds is 2. The summed E-state index contributed by atoms with van der Waals surface area (Å²) in [6.07, 6.45) is -4.47. The Labute approximate surface area is 112 Å². The monoisotopic (exact) mass is 288 g/mol. The Bertz CT molecular complexity index is 658. The molecular weight excluding hydrogens is 277 g/mol. The molecule has 2 rings (SSSR count). The summed E-state index contributed by atoms with van der Waals surface area (Å²) in [5.41, 5.74) is -0.412. The number of halogens is 3. The number of nitrogens with zero attached hydrogens (tertiary/aromatic N) is 1. The first-order valence-electron chi connectivity index (χ1n) is 5.38. The fourth-order valence-corrected chi connectivity index (χ4v) is 2.03. The van der Waals surface area contributed by atoms with Gasteiger partial charge in [0.1, 0.15) is 21.8 Å². The average molecular weight is 288 g/mol. The second kappa shape index (κ2) is 4.73. The molecular formula is C12H11F3N2OS. The van der Waals surface area contributed by atoms with E-state index in [2.05, 4.69) is 5.10 Å². The van der Waals surface area contributed by atoms with Gasteiger partial charge in [-0.25, -0.2) is 4.68 Å². The molecule has 0 atom stereocenters. The number of ether oxygens (including phenoxy) is 1. The van der Waals surface area contributed by atoms with Crippen LogP contribution in [0.4, 0.5) is 13.2 Å². The van der Waals surface area contributed by atoms with Crippen molar-refractivity contribution < 1.29 is 17.9 Å². The fourth-order valence-electron chi connectivity index (χ4n) is 1.78. The van der Waals surface area contributed by atoms with Gasteiger partial charge in [-0.2, -0.15) is 13.2 Å². The minimum Gasteiger partial charge on any atom is -0.494 e. The van der Waals surface area contributed by atoms with E-state index in [0.29, 0.717) is 11.4 Å². The third-order valence-corrected chi connectivity index (χ3v) is 3.22. The molecule has 0 spiro atoms. The first kappa shape index (κ1) is 13.7. The number of H-pyrrole nitrogens is 1. The Morgan fingerprint density at radius 3 is 2.42 bits per heavy atom. The van der Waals surface area contributed by atoms with Crippen LogP contribution in [0.2, 0.25) is 0 Å². The second-order valence-electron chi connectivity index (χ2n) is 3.92. The number of aromatic nitrogens is 2. The minimum absolute atomic E-state index is 0.00611. The van der Waals surface area contributed by atoms with Crippen molar-refractivity contribution in [2.75, 3.05) is 7.11 Å². The molecule has 7 heteroatoms. The van der Waals surface area contributed by atoms with Crippen molar-refractivity contribution in [2.45, 2.75) is 13.1 Å². The molecule has 0 fully saturated rings. The maximum atomic E-state index is 12.8. The molecule has 0 aliphatic rings. The lowest BCUT2D eigenvalue weighted by Crippen LogP contribution is -2.08. The number of alkyl halides is 3. The van der Waals surface area contributed by atoms with E-state index in [1.807, 2.05) is 0 Å². The number of aromatic amines is 1. The Morgan fingerprint density at radius 1 is 1.26 bits per heavy atom. The normalized spacial score (nSPS) is 11.6. The summed E-state index contributed by atoms with van der Waals surface area (Å²) >= 11 is 5.05. The van der Waals surface area contributed by atoms with Gasteiger partial charge < -0.3 is 4.74 Å². The average Bonchev–Trinajstić information content (AvgIpc) is 2.66. The summed E-state index contributed by atoms with van der Waals surface area (Å²) in [6, 6.07) is 6.71. The molecule has 1 heterocycles. The second-order valence-corrected chi connectivity index (χ2v) is 4.31. The maximum Gasteiger partial charge on any atom is 0.433 e. The number of hydrogen-bond acceptors (Lipinski definition) is 2. The van der Waals surface area contributed by atoms with Gasteiger partial charge in [-0.15, -0.1) is 0 Å². The van der Waals surface area contributed by atoms with E-state index in [1.165, 1.54) is 18.7 Å². The SMILES string of the molecule is COc1ccccc1-n1[nH]c(C(F)(F)F)c(C)c1=S. The van der Waals surface area contributed by atoms with E-state index in [1.54, 1.807) is 24.3 Å². The molecule has 0 saturated carbocycles. The molecule has 1 aromatic carbocycles. The standard InChI is InChI=1S/C12H11F3N2OS/c1-7-10(12(13,14)15)16-17(11(7)19)8-5-3-4-6-9(8)18-2/h3-6,16H,1-2H3. The zero-order valence-electron chi connectivity index (χ0n) is 10.2. The van der Waals surface area contributed by atoms with Crippen LogP contribution in [-0.2, 0) is 6.18 Å². The van der Waals surface area contributed by atoms with E-state index >= 15 is 0 Å². The molecule has 0 amide bonds. The highest BCUT2D eigenvalue weighted by Crippen LogP contribution is 2.33. The van der Waals surface area contributed by atoms with Gasteiger partial charge in [0, 0.05) is 5.56 Å². The Balaban J connectivity index is 2.68. The van der Waals surface area contributed by atoms with Crippen molar-refractivity contribution >= 4 is 12.2 Å². The minimum atomic E-state index is -4.47. The first-order chi connectivity index (χ1) is 8.86. The Hall–Kier alpha value is -1.76. The van der Waals surface area contributed by atoms with Crippen molar-refractivity contribution in [3.63, 3.8) is 0 Å². The quantitative estimate of drug-likeness (QED) is 0.850. The molecule has 0 saturated heterocycles. The van der Waals surface area contributed by atoms with Crippen LogP contribution in [0.25, 0.3) is 5.69 Å². The molecule has 1 aromatic heterocycles. The largest absolute Gasteiger partial charge is 0.494 e. The molecule has 0 unspecified atom stereocenters. The summed E-state index contributed by atoms with van der Waals surface area (Å²) in [6.45, 7) is 1.34. The lowest BCUT2D eigenvalue weighted by molar-refractivity contribution is -0.141. The van der Waals surface area contributed by atoms with Crippen molar-refractivity contribution in [2.24, 2.45) is 0 Å². The summed E-state index contributed by atoms with van der Waals surface area (Å²) in [5.74, 6) is 0.438. The Morgan fingerprint density at radius 2 is 1.89 bits per heavy atom. The maximum absolute atomic E-state index is 12.8. The van der Waals surface area contributed by atoms with E-state index in [4.69, 9.17) is 17.0 Å². The van der Waals surface area contributed by atoms with Crippen LogP contribution in [0.1, 0.15) is 11.3 Å². The molecule has 0 bridgehead atoms. The lowest BCUT2D eigenvalue weighted by Gasteiger charge is -2.09. The van der Waals surface area contributed by atoms with Gasteiger partial charge >= 0.3 is 6.18 Å². The zero-order chi connectivity index (χ0) is 14.2. The topological polar surface area (TPSA) is 29.9 Å². The van der Waals surface area contributed by atoms with Gasteiger partial charge in [0.05, 0.1) is 7.11 Å². The molecule has 19 heavy (non-hydrogen) atoms. The van der Waals surface area contributed by atoms with Crippen LogP contribution in [0.5, 0.6) is 5.75 Å². The van der Waals surface area contributed by atoms with Gasteiger partial charge in [0.15, 0.2) is 0 Å². The van der Waals surface area contributed by atoms with E-state index < -0.39 is 11.9 Å². The molecule has 0 radical (unpaired) electrons. The number of nitrogens with one attached hydrogen (secondary N) is 1. The number of hydrogen-bond donors (Lipinski definition) is 1. The summed E-state index contributed by atoms with van der Waals surface area (Å²) in [7, 11) is 1.45. The van der Waals surface area contributed by atoms with Crippen LogP contribution in [0.15, 0.2) is 24.3 Å². The van der Waals surface area contributed by atoms with Crippen molar-refractivity contribution in [1.29, 1.82) is 0 Å². The van der Waals surface area contributed by atoms with E-state index in [9.17, 15) is 13.2 Å². The highest BCUT2D eigenvalue weighted by Gasteiger charge is 2.35. The van der Waals surface area contributed by atoms with E-state index in [0.717, 1.165) is 0 Å². The molecule has 0 aliphatic heterocycles. The van der Waals surface area contributed by atoms with Gasteiger partial charge in [-0.05, 0) is 19.1 Å². The molecule has 102 valence electrons. The number of benzene rings is 1. The predicted molar refractivity (Wildman–Crippen MR) is 67.2 cm³/mol. The lowest BCUT2D eigenvalue weighted by atomic mass is 10.2. The summed E-state index contributed by atoms with van der Waals surface area (Å²) in [4.78, 5) is 0. The third kappa shape index (κ3) is 2.37. The van der Waals surface area contributed by atoms with Gasteiger partial charge in [-0.1, -0.05) is 24.4 Å². The van der Waals surface area contributed by atoms with Gasteiger partial charge in [0.2, 0.25) is 0 Å². The van der Waals surface area contributed by atoms with E-state index in [-0.39, 0.29) is 10.2 Å². The zero-order valence-corrected chi connectivity index (χ0v) is 11.0. The van der Waals surface area contributed by atoms with Crippen LogP contribution in [-0.4, -0.2) is 16.9 Å². The molecule has 1 N–H and O–H groups in total. The number of methoxy groups -OCH3 is 1. The third-order valence-electron chi connectivity index (χ3n) is 2.73. The van der Waals surface area contributed by atoms with Crippen LogP contribution in [0, 0.1) is 11.6 Å². The fraction of sp³-hybridized carbons (Fsp3) is 0.250. The highest BCUT2D eigenvalue weighted by molar-refractivity contribution is 7.71. The Kier molecular flexibility index (Phi) is 3.40. The molecule has 3 nitrogen and oxygen atoms in total. The van der Waals surface area contributed by atoms with Crippen molar-refractivity contribution in [3.05, 3.63) is 40.2 Å². The first-order valence-corrected chi connectivity index (χ1v) is 5.79. The molecule has 2 aromatic rings. The van der Waals surface area contributed by atoms with Crippen LogP contribution >= 0.6 is 12.2 Å². The number of para-hydroxylation sites is 2. The predicted octanol–water partition coefficient (Wildman–Crippen LogP) is 3.87. The van der Waals surface area contributed by atoms with Crippen LogP contribution in [0.3, 0.4) is 0 Å². The highest BCUT2D eigenvalue weighted by atomic mass is 32.1. The molecule has 0 aliphatic carbocycles.